The second-order valence-corrected chi connectivity index (χ2v) is 22.9. The van der Waals surface area contributed by atoms with Crippen LogP contribution in [0.2, 0.25) is 0 Å². The Labute approximate surface area is 495 Å². The minimum Gasteiger partial charge on any atom is -0.456 e. The van der Waals surface area contributed by atoms with Gasteiger partial charge in [0.1, 0.15) is 22.3 Å². The van der Waals surface area contributed by atoms with Crippen LogP contribution in [-0.2, 0) is 0 Å². The van der Waals surface area contributed by atoms with E-state index in [1.165, 1.54) is 120 Å². The van der Waals surface area contributed by atoms with Crippen LogP contribution in [0.15, 0.2) is 312 Å². The van der Waals surface area contributed by atoms with Crippen molar-refractivity contribution in [2.75, 3.05) is 0 Å². The molecular weight excluding hydrogens is 1040 g/mol. The summed E-state index contributed by atoms with van der Waals surface area (Å²) in [6.07, 6.45) is 0. The first-order valence-corrected chi connectivity index (χ1v) is 29.6. The highest BCUT2D eigenvalue weighted by atomic mass is 16.3. The summed E-state index contributed by atoms with van der Waals surface area (Å²) in [4.78, 5) is 0. The fraction of sp³-hybridized carbons (Fsp3) is 0. The first-order valence-electron chi connectivity index (χ1n) is 29.6. The Hall–Kier alpha value is -11.3. The average Bonchev–Trinajstić information content (AvgIpc) is 1.44. The summed E-state index contributed by atoms with van der Waals surface area (Å²) in [5.74, 6) is 0. The van der Waals surface area contributed by atoms with Gasteiger partial charge in [-0.3, -0.25) is 0 Å². The van der Waals surface area contributed by atoms with Crippen molar-refractivity contribution < 1.29 is 8.83 Å². The van der Waals surface area contributed by atoms with Crippen molar-refractivity contribution in [1.29, 1.82) is 0 Å². The van der Waals surface area contributed by atoms with Crippen molar-refractivity contribution >= 4 is 109 Å². The normalized spacial score (nSPS) is 12.0. The monoisotopic (exact) mass is 1090 g/mol. The second-order valence-electron chi connectivity index (χ2n) is 22.9. The maximum Gasteiger partial charge on any atom is 0.143 e. The molecule has 0 bridgehead atoms. The van der Waals surface area contributed by atoms with Gasteiger partial charge in [0, 0.05) is 27.1 Å². The van der Waals surface area contributed by atoms with Crippen LogP contribution in [0.25, 0.3) is 186 Å². The Morgan fingerprint density at radius 3 is 1.20 bits per heavy atom. The van der Waals surface area contributed by atoms with Gasteiger partial charge in [-0.1, -0.05) is 255 Å². The fourth-order valence-electron chi connectivity index (χ4n) is 14.4. The molecule has 0 aliphatic rings. The van der Waals surface area contributed by atoms with E-state index in [-0.39, 0.29) is 0 Å². The van der Waals surface area contributed by atoms with Crippen LogP contribution in [-0.4, -0.2) is 0 Å². The third kappa shape index (κ3) is 7.40. The molecule has 0 radical (unpaired) electrons. The molecule has 2 aromatic heterocycles. The van der Waals surface area contributed by atoms with Gasteiger partial charge in [-0.2, -0.15) is 0 Å². The fourth-order valence-corrected chi connectivity index (χ4v) is 14.4. The molecule has 86 heavy (non-hydrogen) atoms. The first-order chi connectivity index (χ1) is 42.7. The molecule has 0 fully saturated rings. The molecule has 398 valence electrons. The maximum absolute atomic E-state index is 7.02. The van der Waals surface area contributed by atoms with Gasteiger partial charge in [0.25, 0.3) is 0 Å². The molecule has 16 aromatic carbocycles. The zero-order valence-electron chi connectivity index (χ0n) is 46.7. The Kier molecular flexibility index (Phi) is 10.7. The lowest BCUT2D eigenvalue weighted by Gasteiger charge is -2.20. The summed E-state index contributed by atoms with van der Waals surface area (Å²) in [6, 6.07) is 111. The van der Waals surface area contributed by atoms with Crippen molar-refractivity contribution in [3.05, 3.63) is 303 Å². The van der Waals surface area contributed by atoms with Crippen molar-refractivity contribution in [1.82, 2.24) is 0 Å². The first kappa shape index (κ1) is 48.2. The molecule has 0 aliphatic heterocycles. The van der Waals surface area contributed by atoms with E-state index in [2.05, 4.69) is 297 Å². The number of rotatable bonds is 7. The van der Waals surface area contributed by atoms with E-state index in [9.17, 15) is 0 Å². The highest BCUT2D eigenvalue weighted by Gasteiger charge is 2.25. The second kappa shape index (κ2) is 19.1. The molecule has 0 amide bonds. The van der Waals surface area contributed by atoms with Gasteiger partial charge < -0.3 is 8.83 Å². The zero-order chi connectivity index (χ0) is 56.4. The highest BCUT2D eigenvalue weighted by molar-refractivity contribution is 6.29. The third-order valence-electron chi connectivity index (χ3n) is 18.2. The molecule has 0 spiro atoms. The van der Waals surface area contributed by atoms with Crippen LogP contribution in [0.3, 0.4) is 0 Å². The Bertz CT molecular complexity index is 5710. The molecule has 2 nitrogen and oxygen atoms in total. The number of hydrogen-bond acceptors (Lipinski definition) is 2. The Balaban J connectivity index is 0.734. The predicted molar refractivity (Wildman–Crippen MR) is 364 cm³/mol. The molecule has 0 unspecified atom stereocenters. The Morgan fingerprint density at radius 1 is 0.174 bits per heavy atom. The molecular formula is C84H50O2. The SMILES string of the molecule is c1ccc(-c2cc(-c3c4ccccc4c(-c4ccc(-c5ccc(-c6ccc7cc(-c8c9ccccc9c(-c9cccc%10oc%11ccccc%11c9%10)c9ccccc89)ccc7c6)cc5)c5oc6ccccc6c45)c4ccccc34)c3ccccc3c2)cc1. The van der Waals surface area contributed by atoms with Gasteiger partial charge in [-0.15, -0.1) is 0 Å². The van der Waals surface area contributed by atoms with Crippen molar-refractivity contribution in [3.8, 4) is 77.9 Å². The van der Waals surface area contributed by atoms with E-state index in [1.54, 1.807) is 0 Å². The molecule has 18 rings (SSSR count). The largest absolute Gasteiger partial charge is 0.456 e. The van der Waals surface area contributed by atoms with Gasteiger partial charge in [0.05, 0.1) is 0 Å². The summed E-state index contributed by atoms with van der Waals surface area (Å²) in [6.45, 7) is 0. The molecule has 0 saturated carbocycles. The van der Waals surface area contributed by atoms with E-state index in [4.69, 9.17) is 8.83 Å². The van der Waals surface area contributed by atoms with Gasteiger partial charge in [0.2, 0.25) is 0 Å². The van der Waals surface area contributed by atoms with Crippen LogP contribution >= 0.6 is 0 Å². The lowest BCUT2D eigenvalue weighted by Crippen LogP contribution is -1.93. The van der Waals surface area contributed by atoms with Crippen LogP contribution in [0.5, 0.6) is 0 Å². The number of fused-ring (bicyclic) bond motifs is 12. The minimum absolute atomic E-state index is 0.872. The van der Waals surface area contributed by atoms with Crippen LogP contribution in [0.4, 0.5) is 0 Å². The van der Waals surface area contributed by atoms with Crippen molar-refractivity contribution in [2.24, 2.45) is 0 Å². The topological polar surface area (TPSA) is 26.3 Å². The van der Waals surface area contributed by atoms with Crippen molar-refractivity contribution in [2.45, 2.75) is 0 Å². The van der Waals surface area contributed by atoms with Gasteiger partial charge in [-0.25, -0.2) is 0 Å². The quantitative estimate of drug-likeness (QED) is 0.149. The summed E-state index contributed by atoms with van der Waals surface area (Å²) in [5.41, 5.74) is 20.1. The van der Waals surface area contributed by atoms with Crippen molar-refractivity contribution in [3.63, 3.8) is 0 Å². The molecule has 2 heterocycles. The summed E-state index contributed by atoms with van der Waals surface area (Å²) in [7, 11) is 0. The maximum atomic E-state index is 7.02. The Morgan fingerprint density at radius 2 is 0.581 bits per heavy atom. The van der Waals surface area contributed by atoms with E-state index >= 15 is 0 Å². The summed E-state index contributed by atoms with van der Waals surface area (Å²) in [5, 5.41) is 19.1. The van der Waals surface area contributed by atoms with Crippen LogP contribution < -0.4 is 0 Å². The molecule has 0 saturated heterocycles. The molecule has 0 N–H and O–H groups in total. The van der Waals surface area contributed by atoms with Gasteiger partial charge in [-0.05, 0) is 185 Å². The molecule has 0 aliphatic carbocycles. The number of benzene rings is 16. The number of furan rings is 2. The number of para-hydroxylation sites is 2. The van der Waals surface area contributed by atoms with E-state index in [1.807, 2.05) is 6.07 Å². The number of hydrogen-bond donors (Lipinski definition) is 0. The standard InChI is InChI=1S/C84H50O2/c1-2-19-51(20-3-1)59-49-57-21-4-5-22-60(57)74(50-59)81-68-29-12-10-27-66(68)80(67-28-11-13-30-69(67)81)73-46-45-61(84-83(73)71-32-15-17-35-76(71)86-84)53-39-37-52(38-40-53)54-41-42-56-48-58(44-43-55(56)47-54)78-62-23-6-8-25-64(62)79(65-26-9-7-24-63(65)78)72-33-18-36-77-82(72)70-31-14-16-34-75(70)85-77/h1-50H. The van der Waals surface area contributed by atoms with Gasteiger partial charge in [0.15, 0.2) is 0 Å². The smallest absolute Gasteiger partial charge is 0.143 e. The minimum atomic E-state index is 0.872. The molecule has 0 atom stereocenters. The highest BCUT2D eigenvalue weighted by Crippen LogP contribution is 2.51. The summed E-state index contributed by atoms with van der Waals surface area (Å²) < 4.78 is 13.4. The predicted octanol–water partition coefficient (Wildman–Crippen LogP) is 24.1. The average molecular weight is 1090 g/mol. The van der Waals surface area contributed by atoms with Crippen LogP contribution in [0.1, 0.15) is 0 Å². The third-order valence-corrected chi connectivity index (χ3v) is 18.2. The van der Waals surface area contributed by atoms with E-state index in [0.717, 1.165) is 66.1 Å². The molecule has 18 aromatic rings. The lowest BCUT2D eigenvalue weighted by molar-refractivity contribution is 0.669. The molecule has 2 heteroatoms. The van der Waals surface area contributed by atoms with Gasteiger partial charge >= 0.3 is 0 Å². The van der Waals surface area contributed by atoms with Crippen LogP contribution in [0, 0.1) is 0 Å². The van der Waals surface area contributed by atoms with E-state index in [0.29, 0.717) is 0 Å². The zero-order valence-corrected chi connectivity index (χ0v) is 46.7. The summed E-state index contributed by atoms with van der Waals surface area (Å²) >= 11 is 0. The lowest BCUT2D eigenvalue weighted by atomic mass is 9.82. The van der Waals surface area contributed by atoms with E-state index < -0.39 is 0 Å².